The molecule has 0 atom stereocenters. The monoisotopic (exact) mass is 426 g/mol. The highest BCUT2D eigenvalue weighted by Gasteiger charge is 2.18. The van der Waals surface area contributed by atoms with Crippen molar-refractivity contribution in [2.75, 3.05) is 19.4 Å². The van der Waals surface area contributed by atoms with Crippen molar-refractivity contribution >= 4 is 49.3 Å². The van der Waals surface area contributed by atoms with Gasteiger partial charge in [-0.3, -0.25) is 4.79 Å². The first kappa shape index (κ1) is 19.7. The van der Waals surface area contributed by atoms with Crippen molar-refractivity contribution in [3.05, 3.63) is 64.4 Å². The number of carboxylic acid groups (broad SMARTS) is 1. The molecule has 0 aliphatic rings. The predicted molar refractivity (Wildman–Crippen MR) is 114 cm³/mol. The highest BCUT2D eigenvalue weighted by Crippen LogP contribution is 2.31. The summed E-state index contributed by atoms with van der Waals surface area (Å²) in [7, 11) is -0.750. The Bertz CT molecular complexity index is 1470. The van der Waals surface area contributed by atoms with Crippen LogP contribution in [0.5, 0.6) is 0 Å². The van der Waals surface area contributed by atoms with E-state index in [1.807, 2.05) is 0 Å². The highest BCUT2D eigenvalue weighted by molar-refractivity contribution is 7.89. The molecule has 30 heavy (non-hydrogen) atoms. The number of carbonyl (C=O) groups is 1. The summed E-state index contributed by atoms with van der Waals surface area (Å²) in [5, 5.41) is 13.9. The Morgan fingerprint density at radius 1 is 1.03 bits per heavy atom. The fourth-order valence-corrected chi connectivity index (χ4v) is 4.17. The average Bonchev–Trinajstić information content (AvgIpc) is 3.05. The van der Waals surface area contributed by atoms with E-state index in [9.17, 15) is 23.1 Å². The van der Waals surface area contributed by atoms with Crippen molar-refractivity contribution in [3.8, 4) is 0 Å². The van der Waals surface area contributed by atoms with E-state index in [-0.39, 0.29) is 16.0 Å². The number of rotatable bonds is 5. The number of pyridine rings is 1. The van der Waals surface area contributed by atoms with E-state index in [1.165, 1.54) is 44.4 Å². The molecular formula is C20H18N4O5S. The summed E-state index contributed by atoms with van der Waals surface area (Å²) >= 11 is 0. The van der Waals surface area contributed by atoms with Gasteiger partial charge in [-0.2, -0.15) is 0 Å². The number of H-pyrrole nitrogens is 2. The molecule has 0 radical (unpaired) electrons. The van der Waals surface area contributed by atoms with Gasteiger partial charge in [0.25, 0.3) is 0 Å². The van der Waals surface area contributed by atoms with Crippen LogP contribution in [0, 0.1) is 0 Å². The van der Waals surface area contributed by atoms with Gasteiger partial charge in [0, 0.05) is 36.6 Å². The van der Waals surface area contributed by atoms with Crippen LogP contribution in [0.2, 0.25) is 0 Å². The van der Waals surface area contributed by atoms with Crippen molar-refractivity contribution in [2.45, 2.75) is 4.90 Å². The number of aromatic nitrogens is 2. The Morgan fingerprint density at radius 2 is 1.80 bits per heavy atom. The highest BCUT2D eigenvalue weighted by atomic mass is 32.2. The third kappa shape index (κ3) is 3.31. The number of hydrogen-bond donors (Lipinski definition) is 4. The van der Waals surface area contributed by atoms with Gasteiger partial charge in [0.1, 0.15) is 11.5 Å². The molecule has 0 saturated heterocycles. The maximum absolute atomic E-state index is 12.4. The first-order valence-corrected chi connectivity index (χ1v) is 10.3. The number of nitrogens with zero attached hydrogens (tertiary/aromatic N) is 1. The number of hydrogen-bond acceptors (Lipinski definition) is 5. The quantitative estimate of drug-likeness (QED) is 0.387. The minimum atomic E-state index is -3.63. The van der Waals surface area contributed by atoms with Crippen LogP contribution in [0.4, 0.5) is 11.5 Å². The van der Waals surface area contributed by atoms with Crippen LogP contribution in [0.15, 0.2) is 58.2 Å². The molecule has 0 unspecified atom stereocenters. The SMILES string of the molecule is CN(C)S(=O)(=O)c1cccc(Nc2[nH]c(C(=O)O)cc3c2[nH]c2cc(=O)ccc23)c1. The zero-order valence-corrected chi connectivity index (χ0v) is 16.9. The summed E-state index contributed by atoms with van der Waals surface area (Å²) in [5.41, 5.74) is 1.34. The second-order valence-corrected chi connectivity index (χ2v) is 9.08. The van der Waals surface area contributed by atoms with Gasteiger partial charge in [-0.05, 0) is 36.4 Å². The fraction of sp³-hybridized carbons (Fsp3) is 0.100. The number of benzene rings is 2. The van der Waals surface area contributed by atoms with Gasteiger partial charge < -0.3 is 20.4 Å². The van der Waals surface area contributed by atoms with E-state index in [1.54, 1.807) is 18.2 Å². The van der Waals surface area contributed by atoms with Crippen molar-refractivity contribution in [2.24, 2.45) is 0 Å². The molecule has 0 aliphatic heterocycles. The normalized spacial score (nSPS) is 12.0. The second kappa shape index (κ2) is 7.01. The average molecular weight is 426 g/mol. The Morgan fingerprint density at radius 3 is 2.50 bits per heavy atom. The summed E-state index contributed by atoms with van der Waals surface area (Å²) in [6, 6.07) is 12.2. The number of nitrogens with one attached hydrogen (secondary N) is 3. The van der Waals surface area contributed by atoms with Gasteiger partial charge in [0.05, 0.1) is 15.9 Å². The zero-order valence-electron chi connectivity index (χ0n) is 16.1. The number of anilines is 2. The molecule has 0 fully saturated rings. The second-order valence-electron chi connectivity index (χ2n) is 6.92. The molecule has 0 bridgehead atoms. The molecule has 2 aromatic heterocycles. The Hall–Kier alpha value is -3.63. The minimum absolute atomic E-state index is 0.0610. The maximum atomic E-state index is 12.4. The van der Waals surface area contributed by atoms with Crippen LogP contribution in [0.1, 0.15) is 10.5 Å². The van der Waals surface area contributed by atoms with E-state index >= 15 is 0 Å². The van der Waals surface area contributed by atoms with E-state index in [2.05, 4.69) is 15.3 Å². The summed E-state index contributed by atoms with van der Waals surface area (Å²) in [6.07, 6.45) is 0. The van der Waals surface area contributed by atoms with Crippen LogP contribution < -0.4 is 10.7 Å². The molecule has 0 saturated carbocycles. The zero-order chi connectivity index (χ0) is 21.6. The molecule has 9 nitrogen and oxygen atoms in total. The molecule has 0 aliphatic carbocycles. The molecule has 4 rings (SSSR count). The van der Waals surface area contributed by atoms with E-state index in [4.69, 9.17) is 0 Å². The van der Waals surface area contributed by atoms with E-state index in [0.29, 0.717) is 33.3 Å². The predicted octanol–water partition coefficient (Wildman–Crippen LogP) is 2.70. The van der Waals surface area contributed by atoms with Gasteiger partial charge in [0.15, 0.2) is 5.43 Å². The van der Waals surface area contributed by atoms with Gasteiger partial charge in [-0.25, -0.2) is 17.5 Å². The summed E-state index contributed by atoms with van der Waals surface area (Å²) in [4.78, 5) is 29.3. The van der Waals surface area contributed by atoms with Crippen LogP contribution in [0.3, 0.4) is 0 Å². The first-order chi connectivity index (χ1) is 14.2. The molecule has 0 amide bonds. The molecular weight excluding hydrogens is 408 g/mol. The molecule has 2 heterocycles. The minimum Gasteiger partial charge on any atom is -0.477 e. The largest absolute Gasteiger partial charge is 0.477 e. The maximum Gasteiger partial charge on any atom is 0.352 e. The molecule has 10 heteroatoms. The van der Waals surface area contributed by atoms with E-state index < -0.39 is 16.0 Å². The number of fused-ring (bicyclic) bond motifs is 3. The van der Waals surface area contributed by atoms with Crippen molar-refractivity contribution < 1.29 is 18.3 Å². The molecule has 0 spiro atoms. The Balaban J connectivity index is 1.90. The number of carboxylic acids is 1. The van der Waals surface area contributed by atoms with Gasteiger partial charge in [-0.15, -0.1) is 0 Å². The fourth-order valence-electron chi connectivity index (χ4n) is 3.22. The summed E-state index contributed by atoms with van der Waals surface area (Å²) in [6.45, 7) is 0. The lowest BCUT2D eigenvalue weighted by atomic mass is 10.1. The number of aromatic amines is 2. The number of aromatic carboxylic acids is 1. The molecule has 2 aromatic carbocycles. The number of sulfonamides is 1. The smallest absolute Gasteiger partial charge is 0.352 e. The van der Waals surface area contributed by atoms with Crippen LogP contribution in [-0.4, -0.2) is 47.9 Å². The summed E-state index contributed by atoms with van der Waals surface area (Å²) in [5.74, 6) is -0.827. The van der Waals surface area contributed by atoms with Crippen molar-refractivity contribution in [3.63, 3.8) is 0 Å². The summed E-state index contributed by atoms with van der Waals surface area (Å²) < 4.78 is 25.9. The van der Waals surface area contributed by atoms with Gasteiger partial charge in [-0.1, -0.05) is 6.07 Å². The van der Waals surface area contributed by atoms with E-state index in [0.717, 1.165) is 4.31 Å². The Kier molecular flexibility index (Phi) is 4.60. The molecule has 4 N–H and O–H groups in total. The third-order valence-electron chi connectivity index (χ3n) is 4.72. The van der Waals surface area contributed by atoms with Crippen LogP contribution >= 0.6 is 0 Å². The lowest BCUT2D eigenvalue weighted by Crippen LogP contribution is -2.22. The topological polar surface area (TPSA) is 135 Å². The Labute approximate surface area is 171 Å². The molecule has 4 aromatic rings. The van der Waals surface area contributed by atoms with Crippen LogP contribution in [-0.2, 0) is 10.0 Å². The standard InChI is InChI=1S/C20H18N4O5S/c1-24(2)30(28,29)13-5-3-4-11(8-13)21-19-18-15(10-17(23-19)20(26)27)14-7-6-12(25)9-16(14)22-18/h3-10,21-23H,1-2H3,(H,26,27). The van der Waals surface area contributed by atoms with Crippen LogP contribution in [0.25, 0.3) is 21.8 Å². The lowest BCUT2D eigenvalue weighted by Gasteiger charge is -2.14. The van der Waals surface area contributed by atoms with Gasteiger partial charge >= 0.3 is 5.97 Å². The lowest BCUT2D eigenvalue weighted by molar-refractivity contribution is 0.0691. The van der Waals surface area contributed by atoms with Gasteiger partial charge in [0.2, 0.25) is 10.0 Å². The van der Waals surface area contributed by atoms with Crippen molar-refractivity contribution in [1.29, 1.82) is 0 Å². The molecule has 154 valence electrons. The van der Waals surface area contributed by atoms with Crippen molar-refractivity contribution in [1.82, 2.24) is 14.3 Å². The third-order valence-corrected chi connectivity index (χ3v) is 6.53. The first-order valence-electron chi connectivity index (χ1n) is 8.88.